The number of aryl methyl sites for hydroxylation is 1. The van der Waals surface area contributed by atoms with Crippen molar-refractivity contribution in [3.8, 4) is 0 Å². The Morgan fingerprint density at radius 3 is 2.38 bits per heavy atom. The normalized spacial score (nSPS) is 9.15. The molecule has 0 N–H and O–H groups in total. The fraction of sp³-hybridized carbons (Fsp3) is 0.333. The first-order valence-electron chi connectivity index (χ1n) is 3.82. The minimum absolute atomic E-state index is 0. The first-order valence-corrected chi connectivity index (χ1v) is 5.40. The maximum absolute atomic E-state index is 10.7. The summed E-state index contributed by atoms with van der Waals surface area (Å²) in [6, 6.07) is 1.88. The van der Waals surface area contributed by atoms with Crippen LogP contribution in [0.1, 0.15) is 16.3 Å². The van der Waals surface area contributed by atoms with Crippen LogP contribution in [-0.4, -0.2) is 14.0 Å². The van der Waals surface area contributed by atoms with E-state index in [4.69, 9.17) is 0 Å². The maximum Gasteiger partial charge on any atom is 1.00 e. The molecular formula is C9H11KO2Si. The van der Waals surface area contributed by atoms with E-state index in [1.165, 1.54) is 0 Å². The fourth-order valence-corrected chi connectivity index (χ4v) is 2.89. The molecule has 0 atom stereocenters. The molecule has 0 spiro atoms. The predicted octanol–water partition coefficient (Wildman–Crippen LogP) is -2.17. The molecule has 1 heterocycles. The Balaban J connectivity index is 0.00000144. The second-order valence-electron chi connectivity index (χ2n) is 2.97. The van der Waals surface area contributed by atoms with Crippen molar-refractivity contribution in [1.82, 2.24) is 0 Å². The molecule has 64 valence electrons. The SMILES string of the molecule is Cc1cc[si](C(=O)[O-])c(C)c1C.[K+]. The number of carbonyl (C=O) groups excluding carboxylic acids is 1. The van der Waals surface area contributed by atoms with E-state index in [2.05, 4.69) is 0 Å². The van der Waals surface area contributed by atoms with Crippen molar-refractivity contribution < 1.29 is 61.3 Å². The summed E-state index contributed by atoms with van der Waals surface area (Å²) in [6.07, 6.45) is 0. The topological polar surface area (TPSA) is 40.1 Å². The predicted molar refractivity (Wildman–Crippen MR) is 47.4 cm³/mol. The first-order chi connectivity index (χ1) is 5.54. The monoisotopic (exact) mass is 218 g/mol. The fourth-order valence-electron chi connectivity index (χ4n) is 1.18. The third-order valence-electron chi connectivity index (χ3n) is 2.28. The zero-order valence-electron chi connectivity index (χ0n) is 8.47. The molecule has 0 aromatic carbocycles. The second kappa shape index (κ2) is 5.53. The second-order valence-corrected chi connectivity index (χ2v) is 5.29. The molecule has 0 bridgehead atoms. The molecule has 0 radical (unpaired) electrons. The Kier molecular flexibility index (Phi) is 5.82. The van der Waals surface area contributed by atoms with Gasteiger partial charge in [-0.15, -0.1) is 0 Å². The molecule has 0 fully saturated rings. The molecule has 1 aromatic heterocycles. The van der Waals surface area contributed by atoms with Gasteiger partial charge in [0, 0.05) is 5.59 Å². The molecule has 13 heavy (non-hydrogen) atoms. The van der Waals surface area contributed by atoms with Crippen molar-refractivity contribution in [2.24, 2.45) is 0 Å². The Morgan fingerprint density at radius 2 is 1.92 bits per heavy atom. The molecule has 0 saturated carbocycles. The Hall–Kier alpha value is 0.673. The van der Waals surface area contributed by atoms with Gasteiger partial charge in [-0.25, -0.2) is 0 Å². The molecule has 1 aromatic rings. The maximum atomic E-state index is 10.7. The summed E-state index contributed by atoms with van der Waals surface area (Å²) in [5.74, 6) is 0. The minimum atomic E-state index is -1.54. The largest absolute Gasteiger partial charge is 1.00 e. The van der Waals surface area contributed by atoms with Gasteiger partial charge in [0.2, 0.25) is 0 Å². The van der Waals surface area contributed by atoms with Crippen LogP contribution in [0.4, 0.5) is 4.79 Å². The Labute approximate surface area is 122 Å². The minimum Gasteiger partial charge on any atom is -0.551 e. The van der Waals surface area contributed by atoms with E-state index in [0.29, 0.717) is 0 Å². The molecule has 0 amide bonds. The van der Waals surface area contributed by atoms with Gasteiger partial charge in [0.15, 0.2) is 0 Å². The smallest absolute Gasteiger partial charge is 0.551 e. The first kappa shape index (κ1) is 13.7. The van der Waals surface area contributed by atoms with Gasteiger partial charge in [-0.1, -0.05) is 16.9 Å². The standard InChI is InChI=1S/C9H12O2Si.K/c1-6-4-5-12(9(10)11)8(3)7(6)2;/h4-5H,1-3H3,(H,10,11);/q;+1/p-1. The molecule has 4 heteroatoms. The third kappa shape index (κ3) is 3.07. The molecule has 0 aliphatic heterocycles. The van der Waals surface area contributed by atoms with Crippen LogP contribution in [0.5, 0.6) is 0 Å². The molecular weight excluding hydrogens is 207 g/mol. The summed E-state index contributed by atoms with van der Waals surface area (Å²) in [6.45, 7) is 5.83. The van der Waals surface area contributed by atoms with Gasteiger partial charge in [-0.05, 0) is 31.9 Å². The summed E-state index contributed by atoms with van der Waals surface area (Å²) < 4.78 is 0. The van der Waals surface area contributed by atoms with E-state index in [0.717, 1.165) is 16.3 Å². The Bertz CT molecular complexity index is 337. The van der Waals surface area contributed by atoms with Crippen molar-refractivity contribution in [2.45, 2.75) is 20.8 Å². The van der Waals surface area contributed by atoms with E-state index in [9.17, 15) is 9.90 Å². The van der Waals surface area contributed by atoms with Crippen molar-refractivity contribution in [3.05, 3.63) is 28.0 Å². The van der Waals surface area contributed by atoms with E-state index in [-0.39, 0.29) is 51.4 Å². The van der Waals surface area contributed by atoms with Crippen molar-refractivity contribution >= 4 is 14.0 Å². The van der Waals surface area contributed by atoms with Gasteiger partial charge in [0.25, 0.3) is 0 Å². The summed E-state index contributed by atoms with van der Waals surface area (Å²) in [7, 11) is -1.54. The van der Waals surface area contributed by atoms with Gasteiger partial charge in [0.1, 0.15) is 0 Å². The third-order valence-corrected chi connectivity index (χ3v) is 4.40. The number of hydrogen-bond acceptors (Lipinski definition) is 2. The van der Waals surface area contributed by atoms with E-state index < -0.39 is 14.0 Å². The zero-order chi connectivity index (χ0) is 9.30. The summed E-state index contributed by atoms with van der Waals surface area (Å²) in [4.78, 5) is 10.7. The Morgan fingerprint density at radius 1 is 1.38 bits per heavy atom. The summed E-state index contributed by atoms with van der Waals surface area (Å²) in [5, 5.41) is 11.6. The number of carbonyl (C=O) groups is 1. The van der Waals surface area contributed by atoms with Gasteiger partial charge in [-0.3, -0.25) is 0 Å². The van der Waals surface area contributed by atoms with Crippen LogP contribution in [0.2, 0.25) is 0 Å². The van der Waals surface area contributed by atoms with Crippen molar-refractivity contribution in [1.29, 1.82) is 0 Å². The molecule has 0 unspecified atom stereocenters. The van der Waals surface area contributed by atoms with Crippen LogP contribution in [0.15, 0.2) is 11.7 Å². The van der Waals surface area contributed by atoms with Gasteiger partial charge < -0.3 is 9.90 Å². The quantitative estimate of drug-likeness (QED) is 0.504. The molecule has 1 rings (SSSR count). The molecule has 0 saturated heterocycles. The van der Waals surface area contributed by atoms with Crippen LogP contribution in [0.25, 0.3) is 0 Å². The summed E-state index contributed by atoms with van der Waals surface area (Å²) >= 11 is 0. The molecule has 2 nitrogen and oxygen atoms in total. The van der Waals surface area contributed by atoms with Gasteiger partial charge >= 0.3 is 51.4 Å². The summed E-state index contributed by atoms with van der Waals surface area (Å²) in [5.41, 5.74) is 3.12. The van der Waals surface area contributed by atoms with Crippen LogP contribution < -0.4 is 56.5 Å². The number of carboxylic acid groups (broad SMARTS) is 1. The molecule has 0 aliphatic carbocycles. The zero-order valence-corrected chi connectivity index (χ0v) is 12.6. The van der Waals surface area contributed by atoms with Crippen LogP contribution in [0.3, 0.4) is 0 Å². The van der Waals surface area contributed by atoms with E-state index in [1.807, 2.05) is 26.8 Å². The van der Waals surface area contributed by atoms with Crippen molar-refractivity contribution in [2.75, 3.05) is 0 Å². The van der Waals surface area contributed by atoms with Gasteiger partial charge in [0.05, 0.1) is 8.40 Å². The van der Waals surface area contributed by atoms with Gasteiger partial charge in [-0.2, -0.15) is 0 Å². The van der Waals surface area contributed by atoms with Crippen LogP contribution in [0, 0.1) is 20.8 Å². The average Bonchev–Trinajstić information content (AvgIpc) is 2.00. The van der Waals surface area contributed by atoms with Crippen molar-refractivity contribution in [3.63, 3.8) is 0 Å². The van der Waals surface area contributed by atoms with Crippen LogP contribution in [-0.2, 0) is 0 Å². The van der Waals surface area contributed by atoms with Crippen LogP contribution >= 0.6 is 0 Å². The average molecular weight is 218 g/mol. The number of hydrogen-bond donors (Lipinski definition) is 0. The van der Waals surface area contributed by atoms with E-state index in [1.54, 1.807) is 5.68 Å². The molecule has 0 aliphatic rings. The van der Waals surface area contributed by atoms with E-state index >= 15 is 0 Å². The number of rotatable bonds is 1.